The van der Waals surface area contributed by atoms with Gasteiger partial charge in [-0.1, -0.05) is 30.3 Å². The molecule has 27 heavy (non-hydrogen) atoms. The minimum atomic E-state index is -1.26. The standard InChI is InChI=1S/C20H18N4O3/c25-19(17(23-20(26)27)12-14-4-2-1-3-5-14)24-18-7-6-16(13-22-18)15-8-10-21-11-9-15/h1-11,13,17,23H,12H2,(H,26,27)(H,22,24,25)/t17-/m1/s1. The van der Waals surface area contributed by atoms with Crippen molar-refractivity contribution in [3.8, 4) is 11.1 Å². The molecule has 0 aliphatic rings. The summed E-state index contributed by atoms with van der Waals surface area (Å²) in [7, 11) is 0. The molecule has 7 heteroatoms. The van der Waals surface area contributed by atoms with Crippen LogP contribution in [0.1, 0.15) is 5.56 Å². The normalized spacial score (nSPS) is 11.4. The Balaban J connectivity index is 1.70. The van der Waals surface area contributed by atoms with E-state index in [1.807, 2.05) is 48.5 Å². The second kappa shape index (κ2) is 8.57. The minimum absolute atomic E-state index is 0.244. The Morgan fingerprint density at radius 2 is 1.70 bits per heavy atom. The van der Waals surface area contributed by atoms with Crippen molar-refractivity contribution >= 4 is 17.8 Å². The number of hydrogen-bond acceptors (Lipinski definition) is 4. The maximum Gasteiger partial charge on any atom is 0.405 e. The monoisotopic (exact) mass is 362 g/mol. The first-order valence-electron chi connectivity index (χ1n) is 8.32. The van der Waals surface area contributed by atoms with E-state index in [1.165, 1.54) is 0 Å². The van der Waals surface area contributed by atoms with Gasteiger partial charge in [0.15, 0.2) is 0 Å². The average molecular weight is 362 g/mol. The Bertz CT molecular complexity index is 900. The van der Waals surface area contributed by atoms with E-state index < -0.39 is 18.0 Å². The SMILES string of the molecule is O=C(O)N[C@H](Cc1ccccc1)C(=O)Nc1ccc(-c2ccncc2)cn1. The molecule has 0 fully saturated rings. The van der Waals surface area contributed by atoms with Gasteiger partial charge in [-0.15, -0.1) is 0 Å². The lowest BCUT2D eigenvalue weighted by Crippen LogP contribution is -2.44. The molecule has 0 radical (unpaired) electrons. The van der Waals surface area contributed by atoms with Gasteiger partial charge in [-0.3, -0.25) is 9.78 Å². The third-order valence-corrected chi connectivity index (χ3v) is 3.93. The van der Waals surface area contributed by atoms with Crippen LogP contribution < -0.4 is 10.6 Å². The number of nitrogens with zero attached hydrogens (tertiary/aromatic N) is 2. The molecule has 2 heterocycles. The van der Waals surface area contributed by atoms with E-state index >= 15 is 0 Å². The third kappa shape index (κ3) is 5.12. The quantitative estimate of drug-likeness (QED) is 0.625. The number of aromatic nitrogens is 2. The Morgan fingerprint density at radius 3 is 2.33 bits per heavy atom. The highest BCUT2D eigenvalue weighted by Crippen LogP contribution is 2.18. The summed E-state index contributed by atoms with van der Waals surface area (Å²) < 4.78 is 0. The van der Waals surface area contributed by atoms with Crippen molar-refractivity contribution < 1.29 is 14.7 Å². The number of hydrogen-bond donors (Lipinski definition) is 3. The van der Waals surface area contributed by atoms with E-state index in [0.717, 1.165) is 16.7 Å². The van der Waals surface area contributed by atoms with Crippen LogP contribution in [0.2, 0.25) is 0 Å². The maximum atomic E-state index is 12.5. The van der Waals surface area contributed by atoms with Gasteiger partial charge in [0, 0.05) is 30.6 Å². The highest BCUT2D eigenvalue weighted by molar-refractivity contribution is 5.96. The molecule has 3 N–H and O–H groups in total. The zero-order valence-electron chi connectivity index (χ0n) is 14.4. The first-order valence-corrected chi connectivity index (χ1v) is 8.32. The molecule has 0 spiro atoms. The summed E-state index contributed by atoms with van der Waals surface area (Å²) in [6.07, 6.45) is 4.01. The smallest absolute Gasteiger partial charge is 0.405 e. The van der Waals surface area contributed by atoms with Crippen molar-refractivity contribution in [3.63, 3.8) is 0 Å². The Kier molecular flexibility index (Phi) is 5.73. The van der Waals surface area contributed by atoms with Crippen LogP contribution in [-0.4, -0.2) is 33.1 Å². The number of benzene rings is 1. The van der Waals surface area contributed by atoms with Gasteiger partial charge in [-0.25, -0.2) is 9.78 Å². The minimum Gasteiger partial charge on any atom is -0.465 e. The lowest BCUT2D eigenvalue weighted by molar-refractivity contribution is -0.118. The van der Waals surface area contributed by atoms with Crippen LogP contribution in [-0.2, 0) is 11.2 Å². The van der Waals surface area contributed by atoms with Gasteiger partial charge < -0.3 is 15.7 Å². The van der Waals surface area contributed by atoms with Crippen molar-refractivity contribution in [3.05, 3.63) is 78.8 Å². The van der Waals surface area contributed by atoms with E-state index in [1.54, 1.807) is 24.7 Å². The number of carbonyl (C=O) groups is 2. The van der Waals surface area contributed by atoms with Gasteiger partial charge in [0.2, 0.25) is 5.91 Å². The molecule has 0 bridgehead atoms. The number of amides is 2. The summed E-state index contributed by atoms with van der Waals surface area (Å²) in [5, 5.41) is 13.9. The van der Waals surface area contributed by atoms with Crippen molar-refractivity contribution in [2.24, 2.45) is 0 Å². The summed E-state index contributed by atoms with van der Waals surface area (Å²) in [6, 6.07) is 15.5. The van der Waals surface area contributed by atoms with Crippen molar-refractivity contribution in [1.29, 1.82) is 0 Å². The molecular formula is C20H18N4O3. The van der Waals surface area contributed by atoms with Crippen LogP contribution in [0, 0.1) is 0 Å². The van der Waals surface area contributed by atoms with Gasteiger partial charge in [0.25, 0.3) is 0 Å². The average Bonchev–Trinajstić information content (AvgIpc) is 2.69. The molecule has 2 aromatic heterocycles. The summed E-state index contributed by atoms with van der Waals surface area (Å²) in [4.78, 5) is 31.8. The van der Waals surface area contributed by atoms with E-state index in [-0.39, 0.29) is 6.42 Å². The van der Waals surface area contributed by atoms with Gasteiger partial charge in [-0.2, -0.15) is 0 Å². The predicted molar refractivity (Wildman–Crippen MR) is 101 cm³/mol. The first-order chi connectivity index (χ1) is 13.1. The van der Waals surface area contributed by atoms with Crippen molar-refractivity contribution in [1.82, 2.24) is 15.3 Å². The fourth-order valence-electron chi connectivity index (χ4n) is 2.60. The molecule has 0 saturated heterocycles. The lowest BCUT2D eigenvalue weighted by atomic mass is 10.1. The Morgan fingerprint density at radius 1 is 0.963 bits per heavy atom. The van der Waals surface area contributed by atoms with E-state index in [9.17, 15) is 9.59 Å². The maximum absolute atomic E-state index is 12.5. The van der Waals surface area contributed by atoms with Gasteiger partial charge in [-0.05, 0) is 35.4 Å². The first kappa shape index (κ1) is 18.1. The zero-order valence-corrected chi connectivity index (χ0v) is 14.4. The summed E-state index contributed by atoms with van der Waals surface area (Å²) in [6.45, 7) is 0. The Labute approximate surface area is 156 Å². The molecule has 0 unspecified atom stereocenters. The lowest BCUT2D eigenvalue weighted by Gasteiger charge is -2.16. The molecule has 0 saturated carbocycles. The van der Waals surface area contributed by atoms with Crippen LogP contribution in [0.25, 0.3) is 11.1 Å². The summed E-state index contributed by atoms with van der Waals surface area (Å²) in [5.74, 6) is -0.117. The van der Waals surface area contributed by atoms with E-state index in [2.05, 4.69) is 20.6 Å². The largest absolute Gasteiger partial charge is 0.465 e. The molecule has 3 rings (SSSR count). The van der Waals surface area contributed by atoms with Crippen molar-refractivity contribution in [2.75, 3.05) is 5.32 Å². The molecule has 0 aliphatic carbocycles. The van der Waals surface area contributed by atoms with Crippen LogP contribution in [0.4, 0.5) is 10.6 Å². The summed E-state index contributed by atoms with van der Waals surface area (Å²) in [5.41, 5.74) is 2.71. The van der Waals surface area contributed by atoms with Gasteiger partial charge in [0.05, 0.1) is 0 Å². The van der Waals surface area contributed by atoms with Crippen molar-refractivity contribution in [2.45, 2.75) is 12.5 Å². The van der Waals surface area contributed by atoms with E-state index in [4.69, 9.17) is 5.11 Å². The fourth-order valence-corrected chi connectivity index (χ4v) is 2.60. The molecule has 1 atom stereocenters. The third-order valence-electron chi connectivity index (χ3n) is 3.93. The molecule has 3 aromatic rings. The number of nitrogens with one attached hydrogen (secondary N) is 2. The fraction of sp³-hybridized carbons (Fsp3) is 0.100. The number of rotatable bonds is 6. The summed E-state index contributed by atoms with van der Waals surface area (Å²) >= 11 is 0. The molecule has 7 nitrogen and oxygen atoms in total. The van der Waals surface area contributed by atoms with Crippen LogP contribution in [0.15, 0.2) is 73.2 Å². The molecule has 1 aromatic carbocycles. The number of carbonyl (C=O) groups excluding carboxylic acids is 1. The van der Waals surface area contributed by atoms with Crippen LogP contribution >= 0.6 is 0 Å². The Hall–Kier alpha value is -3.74. The predicted octanol–water partition coefficient (Wildman–Crippen LogP) is 2.96. The highest BCUT2D eigenvalue weighted by atomic mass is 16.4. The number of pyridine rings is 2. The van der Waals surface area contributed by atoms with Gasteiger partial charge in [0.1, 0.15) is 11.9 Å². The van der Waals surface area contributed by atoms with E-state index in [0.29, 0.717) is 5.82 Å². The van der Waals surface area contributed by atoms with Gasteiger partial charge >= 0.3 is 6.09 Å². The number of carboxylic acid groups (broad SMARTS) is 1. The number of anilines is 1. The van der Waals surface area contributed by atoms with Crippen LogP contribution in [0.5, 0.6) is 0 Å². The van der Waals surface area contributed by atoms with Crippen LogP contribution in [0.3, 0.4) is 0 Å². The molecule has 0 aliphatic heterocycles. The molecule has 2 amide bonds. The molecular weight excluding hydrogens is 344 g/mol. The highest BCUT2D eigenvalue weighted by Gasteiger charge is 2.21. The second-order valence-corrected chi connectivity index (χ2v) is 5.85. The molecule has 136 valence electrons. The topological polar surface area (TPSA) is 104 Å². The zero-order chi connectivity index (χ0) is 19.1. The second-order valence-electron chi connectivity index (χ2n) is 5.85.